The monoisotopic (exact) mass is 1130 g/mol. The van der Waals surface area contributed by atoms with Crippen LogP contribution in [0.3, 0.4) is 0 Å². The Bertz CT molecular complexity index is 2700. The van der Waals surface area contributed by atoms with Crippen molar-refractivity contribution in [2.45, 2.75) is 126 Å². The molecule has 31 heteroatoms. The molecule has 3 aromatic carbocycles. The van der Waals surface area contributed by atoms with E-state index in [0.29, 0.717) is 16.7 Å². The number of nitro benzene ring substituents is 3. The van der Waals surface area contributed by atoms with E-state index in [1.54, 1.807) is 0 Å². The van der Waals surface area contributed by atoms with E-state index in [1.807, 2.05) is 0 Å². The Morgan fingerprint density at radius 3 is 1.62 bits per heavy atom. The number of ether oxygens (including phenoxy) is 7. The lowest BCUT2D eigenvalue weighted by Crippen LogP contribution is -2.70. The molecule has 0 unspecified atom stereocenters. The molecule has 434 valence electrons. The molecule has 1 aliphatic carbocycles. The van der Waals surface area contributed by atoms with Crippen LogP contribution >= 0.6 is 0 Å². The van der Waals surface area contributed by atoms with Crippen LogP contribution in [0.5, 0.6) is 0 Å². The summed E-state index contributed by atoms with van der Waals surface area (Å²) < 4.78 is 40.6. The first-order chi connectivity index (χ1) is 38.0. The Balaban J connectivity index is 1.25. The summed E-state index contributed by atoms with van der Waals surface area (Å²) in [5.41, 5.74) is -1.10. The third-order valence-electron chi connectivity index (χ3n) is 12.9. The van der Waals surface area contributed by atoms with Gasteiger partial charge in [-0.1, -0.05) is 0 Å². The van der Waals surface area contributed by atoms with Gasteiger partial charge < -0.3 is 85.5 Å². The van der Waals surface area contributed by atoms with Gasteiger partial charge in [0.2, 0.25) is 18.1 Å². The number of amides is 5. The van der Waals surface area contributed by atoms with Gasteiger partial charge in [0, 0.05) is 49.9 Å². The van der Waals surface area contributed by atoms with Crippen LogP contribution in [-0.2, 0) is 62.6 Å². The zero-order valence-electron chi connectivity index (χ0n) is 43.2. The molecule has 10 N–H and O–H groups in total. The minimum Gasteiger partial charge on any atom is -0.465 e. The second-order valence-electron chi connectivity index (χ2n) is 18.9. The molecule has 2 fully saturated rings. The fourth-order valence-corrected chi connectivity index (χ4v) is 8.68. The van der Waals surface area contributed by atoms with Crippen LogP contribution in [0.1, 0.15) is 49.8 Å². The van der Waals surface area contributed by atoms with Crippen molar-refractivity contribution in [1.82, 2.24) is 31.9 Å². The Labute approximate surface area is 454 Å². The number of benzene rings is 3. The number of rotatable bonds is 23. The summed E-state index contributed by atoms with van der Waals surface area (Å²) in [5.74, 6) is -1.40. The Morgan fingerprint density at radius 1 is 0.688 bits per heavy atom. The van der Waals surface area contributed by atoms with Gasteiger partial charge >= 0.3 is 18.3 Å². The molecule has 0 aromatic heterocycles. The average Bonchev–Trinajstić information content (AvgIpc) is 3.57. The van der Waals surface area contributed by atoms with Crippen LogP contribution < -0.4 is 31.9 Å². The highest BCUT2D eigenvalue weighted by atomic mass is 16.7. The van der Waals surface area contributed by atoms with Crippen LogP contribution in [0.15, 0.2) is 84.6 Å². The standard InChI is InChI=1S/C49H61N9O22/c1-26(59)52-21-33-16-17-34(54-47(65)75-23-28-6-12-31(13-7-28)57(70)71)44(78-33)79-41-36(55-48(66)76-24-29-8-14-32(15-9-29)58(72)73)20-35(40(38(41)61)80-45-39(62)42(50-3)49(2,67)25-77-45)53-43(63)37(60)18-19-51-46(64)74-22-27-4-10-30(11-5-27)56(68)69/h4-16,34-42,44-45,50,60-62,67H,17-25H2,1-3H3,(H,51,64)(H,52,59)(H,53,63)(H,54,65)(H,55,66)/t34-,35-,36+,37+,38-,39-,40+,41-,42-,44-,45-,49+/m1/s1. The quantitative estimate of drug-likeness (QED) is 0.0357. The van der Waals surface area contributed by atoms with Crippen LogP contribution in [0.25, 0.3) is 0 Å². The van der Waals surface area contributed by atoms with Crippen LogP contribution in [0.4, 0.5) is 31.4 Å². The molecule has 0 spiro atoms. The number of aliphatic hydroxyl groups excluding tert-OH is 3. The van der Waals surface area contributed by atoms with Crippen molar-refractivity contribution in [3.63, 3.8) is 0 Å². The predicted molar refractivity (Wildman–Crippen MR) is 270 cm³/mol. The third-order valence-corrected chi connectivity index (χ3v) is 12.9. The Morgan fingerprint density at radius 2 is 1.15 bits per heavy atom. The molecule has 1 saturated carbocycles. The molecule has 0 radical (unpaired) electrons. The normalized spacial score (nSPS) is 25.7. The zero-order valence-corrected chi connectivity index (χ0v) is 43.2. The molecule has 3 aliphatic rings. The summed E-state index contributed by atoms with van der Waals surface area (Å²) in [7, 11) is 1.45. The first-order valence-electron chi connectivity index (χ1n) is 24.8. The molecule has 3 aromatic rings. The van der Waals surface area contributed by atoms with Crippen LogP contribution in [0, 0.1) is 30.3 Å². The topological polar surface area (TPSA) is 432 Å². The van der Waals surface area contributed by atoms with E-state index in [0.717, 1.165) is 0 Å². The van der Waals surface area contributed by atoms with Crippen LogP contribution in [0.2, 0.25) is 0 Å². The highest BCUT2D eigenvalue weighted by molar-refractivity contribution is 5.81. The first-order valence-corrected chi connectivity index (χ1v) is 24.8. The maximum absolute atomic E-state index is 13.9. The molecular weight excluding hydrogens is 1070 g/mol. The summed E-state index contributed by atoms with van der Waals surface area (Å²) >= 11 is 0. The number of aliphatic hydroxyl groups is 4. The molecule has 12 atom stereocenters. The minimum absolute atomic E-state index is 0.0548. The summed E-state index contributed by atoms with van der Waals surface area (Å²) in [5, 5.41) is 95.1. The largest absolute Gasteiger partial charge is 0.465 e. The summed E-state index contributed by atoms with van der Waals surface area (Å²) in [4.78, 5) is 96.9. The minimum atomic E-state index is -2.01. The zero-order chi connectivity index (χ0) is 58.3. The number of likely N-dealkylation sites (N-methyl/N-ethyl adjacent to an activating group) is 1. The van der Waals surface area contributed by atoms with Gasteiger partial charge in [0.1, 0.15) is 61.7 Å². The lowest BCUT2D eigenvalue weighted by molar-refractivity contribution is -0.385. The fourth-order valence-electron chi connectivity index (χ4n) is 8.68. The number of hydrogen-bond acceptors (Lipinski definition) is 23. The molecule has 6 rings (SSSR count). The molecule has 1 saturated heterocycles. The number of carbonyl (C=O) groups excluding carboxylic acids is 5. The SMILES string of the molecule is CN[C@@H]1[C@@H](O)[C@@H](O[C@@H]2[C@@H](O)[C@H](O[C@H]3OC(CNC(C)=O)=CC[C@H]3NC(=O)OCc3ccc([N+](=O)[O-])cc3)[C@@H](NC(=O)OCc3ccc([N+](=O)[O-])cc3)C[C@H]2NC(=O)[C@@H](O)CCNC(=O)OCc2ccc([N+](=O)[O-])cc2)OC[C@]1(C)O. The lowest BCUT2D eigenvalue weighted by atomic mass is 9.82. The highest BCUT2D eigenvalue weighted by Gasteiger charge is 2.53. The van der Waals surface area contributed by atoms with E-state index >= 15 is 0 Å². The van der Waals surface area contributed by atoms with Crippen molar-refractivity contribution in [2.24, 2.45) is 0 Å². The van der Waals surface area contributed by atoms with Crippen molar-refractivity contribution >= 4 is 47.2 Å². The Kier molecular flexibility index (Phi) is 21.5. The lowest BCUT2D eigenvalue weighted by Gasteiger charge is -2.49. The number of hydrogen-bond donors (Lipinski definition) is 10. The van der Waals surface area contributed by atoms with Gasteiger partial charge in [0.15, 0.2) is 6.29 Å². The van der Waals surface area contributed by atoms with Crippen molar-refractivity contribution in [2.75, 3.05) is 26.7 Å². The molecule has 0 bridgehead atoms. The van der Waals surface area contributed by atoms with E-state index < -0.39 is 144 Å². The number of alkyl carbamates (subject to hydrolysis) is 3. The summed E-state index contributed by atoms with van der Waals surface area (Å²) in [6.45, 7) is 0.686. The second kappa shape index (κ2) is 28.1. The number of nitrogens with zero attached hydrogens (tertiary/aromatic N) is 3. The Hall–Kier alpha value is -8.17. The molecule has 31 nitrogen and oxygen atoms in total. The molecule has 80 heavy (non-hydrogen) atoms. The molecule has 5 amide bonds. The number of carbonyl (C=O) groups is 5. The maximum atomic E-state index is 13.9. The fraction of sp³-hybridized carbons (Fsp3) is 0.490. The smallest absolute Gasteiger partial charge is 0.407 e. The van der Waals surface area contributed by atoms with E-state index in [2.05, 4.69) is 31.9 Å². The summed E-state index contributed by atoms with van der Waals surface area (Å²) in [6, 6.07) is 10.4. The molecule has 2 heterocycles. The van der Waals surface area contributed by atoms with Gasteiger partial charge in [-0.2, -0.15) is 0 Å². The number of non-ortho nitro benzene ring substituents is 3. The van der Waals surface area contributed by atoms with Crippen molar-refractivity contribution < 1.29 is 92.3 Å². The van der Waals surface area contributed by atoms with Crippen molar-refractivity contribution in [3.8, 4) is 0 Å². The molecule has 2 aliphatic heterocycles. The number of nitrogens with one attached hydrogen (secondary N) is 6. The highest BCUT2D eigenvalue weighted by Crippen LogP contribution is 2.33. The maximum Gasteiger partial charge on any atom is 0.407 e. The van der Waals surface area contributed by atoms with E-state index in [9.17, 15) is 74.7 Å². The van der Waals surface area contributed by atoms with Gasteiger partial charge in [-0.3, -0.25) is 39.9 Å². The molecular formula is C49H61N9O22. The first kappa shape index (κ1) is 61.0. The second-order valence-corrected chi connectivity index (χ2v) is 18.9. The third kappa shape index (κ3) is 17.2. The van der Waals surface area contributed by atoms with Crippen molar-refractivity contribution in [1.29, 1.82) is 0 Å². The van der Waals surface area contributed by atoms with E-state index in [1.165, 1.54) is 99.8 Å². The van der Waals surface area contributed by atoms with E-state index in [-0.39, 0.29) is 55.5 Å². The van der Waals surface area contributed by atoms with E-state index in [4.69, 9.17) is 33.2 Å². The predicted octanol–water partition coefficient (Wildman–Crippen LogP) is 0.821. The van der Waals surface area contributed by atoms with Gasteiger partial charge in [0.25, 0.3) is 17.1 Å². The van der Waals surface area contributed by atoms with Crippen molar-refractivity contribution in [3.05, 3.63) is 132 Å². The number of nitro groups is 3. The average molecular weight is 1130 g/mol. The van der Waals surface area contributed by atoms with Gasteiger partial charge in [-0.15, -0.1) is 0 Å². The van der Waals surface area contributed by atoms with Gasteiger partial charge in [-0.25, -0.2) is 14.4 Å². The van der Waals surface area contributed by atoms with Gasteiger partial charge in [-0.05, 0) is 92.4 Å². The van der Waals surface area contributed by atoms with Gasteiger partial charge in [0.05, 0.1) is 52.1 Å². The van der Waals surface area contributed by atoms with Crippen LogP contribution in [-0.4, -0.2) is 165 Å². The summed E-state index contributed by atoms with van der Waals surface area (Å²) in [6.07, 6.45) is -14.7.